The van der Waals surface area contributed by atoms with Gasteiger partial charge in [0.2, 0.25) is 0 Å². The maximum absolute atomic E-state index is 12.6. The molecule has 2 unspecified atom stereocenters. The van der Waals surface area contributed by atoms with Crippen molar-refractivity contribution in [1.29, 1.82) is 0 Å². The van der Waals surface area contributed by atoms with E-state index in [4.69, 9.17) is 16.3 Å². The summed E-state index contributed by atoms with van der Waals surface area (Å²) in [5, 5.41) is 12.6. The molecule has 6 nitrogen and oxygen atoms in total. The first-order valence-electron chi connectivity index (χ1n) is 7.00. The number of carbonyl (C=O) groups excluding carboxylic acids is 1. The highest BCUT2D eigenvalue weighted by Crippen LogP contribution is 2.19. The van der Waals surface area contributed by atoms with E-state index in [1.54, 1.807) is 17.0 Å². The van der Waals surface area contributed by atoms with Crippen molar-refractivity contribution in [3.05, 3.63) is 22.8 Å². The Morgan fingerprint density at radius 2 is 2.33 bits per heavy atom. The van der Waals surface area contributed by atoms with Crippen LogP contribution >= 0.6 is 11.6 Å². The molecule has 2 atom stereocenters. The highest BCUT2D eigenvalue weighted by molar-refractivity contribution is 6.29. The molecule has 7 heteroatoms. The summed E-state index contributed by atoms with van der Waals surface area (Å²) in [6.45, 7) is 5.28. The molecule has 0 aliphatic carbocycles. The number of morpholine rings is 1. The van der Waals surface area contributed by atoms with E-state index in [9.17, 15) is 9.90 Å². The van der Waals surface area contributed by atoms with Crippen molar-refractivity contribution in [3.63, 3.8) is 0 Å². The van der Waals surface area contributed by atoms with E-state index in [0.29, 0.717) is 31.0 Å². The minimum Gasteiger partial charge on any atom is -0.394 e. The van der Waals surface area contributed by atoms with Crippen molar-refractivity contribution >= 4 is 23.3 Å². The molecule has 0 spiro atoms. The Kier molecular flexibility index (Phi) is 5.39. The van der Waals surface area contributed by atoms with Crippen LogP contribution in [0.3, 0.4) is 0 Å². The topological polar surface area (TPSA) is 74.7 Å². The van der Waals surface area contributed by atoms with Gasteiger partial charge in [0.1, 0.15) is 11.0 Å². The zero-order valence-electron chi connectivity index (χ0n) is 12.2. The van der Waals surface area contributed by atoms with Crippen LogP contribution in [0.25, 0.3) is 0 Å². The Morgan fingerprint density at radius 1 is 1.57 bits per heavy atom. The molecule has 1 fully saturated rings. The quantitative estimate of drug-likeness (QED) is 0.822. The Balaban J connectivity index is 2.18. The zero-order valence-corrected chi connectivity index (χ0v) is 12.9. The van der Waals surface area contributed by atoms with Gasteiger partial charge in [-0.2, -0.15) is 0 Å². The lowest BCUT2D eigenvalue weighted by Gasteiger charge is -2.36. The van der Waals surface area contributed by atoms with Gasteiger partial charge in [0.25, 0.3) is 5.91 Å². The van der Waals surface area contributed by atoms with Crippen LogP contribution in [0.15, 0.2) is 12.1 Å². The van der Waals surface area contributed by atoms with Gasteiger partial charge in [0, 0.05) is 25.2 Å². The summed E-state index contributed by atoms with van der Waals surface area (Å²) in [7, 11) is 0. The SMILES string of the molecule is CCNc1cc(C(=O)N2CC(C)OC(CO)C2)cc(Cl)n1. The fourth-order valence-electron chi connectivity index (χ4n) is 2.39. The summed E-state index contributed by atoms with van der Waals surface area (Å²) >= 11 is 5.97. The molecule has 1 aliphatic heterocycles. The summed E-state index contributed by atoms with van der Waals surface area (Å²) in [4.78, 5) is 18.4. The fourth-order valence-corrected chi connectivity index (χ4v) is 2.60. The Hall–Kier alpha value is -1.37. The van der Waals surface area contributed by atoms with Crippen molar-refractivity contribution in [3.8, 4) is 0 Å². The first-order valence-corrected chi connectivity index (χ1v) is 7.38. The summed E-state index contributed by atoms with van der Waals surface area (Å²) < 4.78 is 5.54. The predicted molar refractivity (Wildman–Crippen MR) is 80.7 cm³/mol. The molecule has 1 amide bonds. The highest BCUT2D eigenvalue weighted by atomic mass is 35.5. The summed E-state index contributed by atoms with van der Waals surface area (Å²) in [5.41, 5.74) is 0.483. The van der Waals surface area contributed by atoms with Gasteiger partial charge >= 0.3 is 0 Å². The van der Waals surface area contributed by atoms with Crippen molar-refractivity contribution < 1.29 is 14.6 Å². The lowest BCUT2D eigenvalue weighted by atomic mass is 10.1. The van der Waals surface area contributed by atoms with Gasteiger partial charge in [-0.3, -0.25) is 4.79 Å². The second kappa shape index (κ2) is 7.06. The molecule has 21 heavy (non-hydrogen) atoms. The number of aliphatic hydroxyl groups excluding tert-OH is 1. The molecule has 2 rings (SSSR count). The second-order valence-electron chi connectivity index (χ2n) is 5.06. The molecule has 1 saturated heterocycles. The Morgan fingerprint density at radius 3 is 3.00 bits per heavy atom. The van der Waals surface area contributed by atoms with Crippen LogP contribution < -0.4 is 5.32 Å². The minimum atomic E-state index is -0.344. The molecule has 0 radical (unpaired) electrons. The summed E-state index contributed by atoms with van der Waals surface area (Å²) in [6, 6.07) is 3.24. The van der Waals surface area contributed by atoms with Gasteiger partial charge in [0.05, 0.1) is 18.8 Å². The smallest absolute Gasteiger partial charge is 0.254 e. The molecule has 0 saturated carbocycles. The number of halogens is 1. The van der Waals surface area contributed by atoms with Crippen molar-refractivity contribution in [2.75, 3.05) is 31.6 Å². The molecular weight excluding hydrogens is 294 g/mol. The molecule has 1 aromatic heterocycles. The third kappa shape index (κ3) is 4.06. The van der Waals surface area contributed by atoms with Gasteiger partial charge < -0.3 is 20.1 Å². The number of rotatable bonds is 4. The van der Waals surface area contributed by atoms with Gasteiger partial charge in [-0.15, -0.1) is 0 Å². The van der Waals surface area contributed by atoms with Gasteiger partial charge in [0.15, 0.2) is 0 Å². The zero-order chi connectivity index (χ0) is 15.4. The van der Waals surface area contributed by atoms with Crippen molar-refractivity contribution in [2.45, 2.75) is 26.1 Å². The molecule has 1 aromatic rings. The average molecular weight is 314 g/mol. The largest absolute Gasteiger partial charge is 0.394 e. The molecule has 2 N–H and O–H groups in total. The number of nitrogens with one attached hydrogen (secondary N) is 1. The average Bonchev–Trinajstić information content (AvgIpc) is 2.45. The number of ether oxygens (including phenoxy) is 1. The number of hydrogen-bond acceptors (Lipinski definition) is 5. The van der Waals surface area contributed by atoms with E-state index in [2.05, 4.69) is 10.3 Å². The number of aliphatic hydroxyl groups is 1. The number of nitrogens with zero attached hydrogens (tertiary/aromatic N) is 2. The van der Waals surface area contributed by atoms with Crippen LogP contribution in [0.5, 0.6) is 0 Å². The van der Waals surface area contributed by atoms with Crippen molar-refractivity contribution in [1.82, 2.24) is 9.88 Å². The number of pyridine rings is 1. The first-order chi connectivity index (χ1) is 10.0. The summed E-state index contributed by atoms with van der Waals surface area (Å²) in [5.74, 6) is 0.445. The van der Waals surface area contributed by atoms with E-state index < -0.39 is 0 Å². The number of carbonyl (C=O) groups is 1. The summed E-state index contributed by atoms with van der Waals surface area (Å²) in [6.07, 6.45) is -0.450. The fraction of sp³-hybridized carbons (Fsp3) is 0.571. The molecule has 116 valence electrons. The molecular formula is C14H20ClN3O3. The van der Waals surface area contributed by atoms with Crippen LogP contribution in [0, 0.1) is 0 Å². The predicted octanol–water partition coefficient (Wildman–Crippen LogP) is 1.39. The number of hydrogen-bond donors (Lipinski definition) is 2. The van der Waals surface area contributed by atoms with Crippen LogP contribution in [0.1, 0.15) is 24.2 Å². The first kappa shape index (κ1) is 16.0. The normalized spacial score (nSPS) is 22.2. The molecule has 2 heterocycles. The van der Waals surface area contributed by atoms with Crippen LogP contribution in [-0.4, -0.2) is 59.3 Å². The van der Waals surface area contributed by atoms with Crippen LogP contribution in [0.4, 0.5) is 5.82 Å². The lowest BCUT2D eigenvalue weighted by molar-refractivity contribution is -0.0858. The van der Waals surface area contributed by atoms with E-state index >= 15 is 0 Å². The van der Waals surface area contributed by atoms with Gasteiger partial charge in [-0.25, -0.2) is 4.98 Å². The maximum atomic E-state index is 12.6. The van der Waals surface area contributed by atoms with Crippen molar-refractivity contribution in [2.24, 2.45) is 0 Å². The number of amides is 1. The lowest BCUT2D eigenvalue weighted by Crippen LogP contribution is -2.50. The van der Waals surface area contributed by atoms with E-state index in [0.717, 1.165) is 0 Å². The second-order valence-corrected chi connectivity index (χ2v) is 5.44. The highest BCUT2D eigenvalue weighted by Gasteiger charge is 2.28. The van der Waals surface area contributed by atoms with Crippen LogP contribution in [-0.2, 0) is 4.74 Å². The maximum Gasteiger partial charge on any atom is 0.254 e. The molecule has 0 aromatic carbocycles. The Labute approximate surface area is 129 Å². The third-order valence-electron chi connectivity index (χ3n) is 3.22. The number of aromatic nitrogens is 1. The Bertz CT molecular complexity index is 512. The standard InChI is InChI=1S/C14H20ClN3O3/c1-3-16-13-5-10(4-12(15)17-13)14(20)18-6-9(2)21-11(7-18)8-19/h4-5,9,11,19H,3,6-8H2,1-2H3,(H,16,17). The molecule has 1 aliphatic rings. The molecule has 0 bridgehead atoms. The number of anilines is 1. The third-order valence-corrected chi connectivity index (χ3v) is 3.41. The minimum absolute atomic E-state index is 0.103. The van der Waals surface area contributed by atoms with E-state index in [1.165, 1.54) is 0 Å². The van der Waals surface area contributed by atoms with E-state index in [1.807, 2.05) is 13.8 Å². The van der Waals surface area contributed by atoms with Gasteiger partial charge in [-0.1, -0.05) is 11.6 Å². The van der Waals surface area contributed by atoms with E-state index in [-0.39, 0.29) is 29.9 Å². The monoisotopic (exact) mass is 313 g/mol. The van der Waals surface area contributed by atoms with Gasteiger partial charge in [-0.05, 0) is 26.0 Å². The van der Waals surface area contributed by atoms with Crippen LogP contribution in [0.2, 0.25) is 5.15 Å².